The molecule has 0 fully saturated rings. The molecule has 0 bridgehead atoms. The molecule has 21 heavy (non-hydrogen) atoms. The summed E-state index contributed by atoms with van der Waals surface area (Å²) in [6.07, 6.45) is 0.713. The fourth-order valence-corrected chi connectivity index (χ4v) is 2.39. The van der Waals surface area contributed by atoms with Crippen LogP contribution in [-0.4, -0.2) is 13.7 Å². The lowest BCUT2D eigenvalue weighted by Crippen LogP contribution is -2.20. The third-order valence-corrected chi connectivity index (χ3v) is 3.54. The third kappa shape index (κ3) is 4.30. The van der Waals surface area contributed by atoms with E-state index >= 15 is 0 Å². The van der Waals surface area contributed by atoms with Crippen molar-refractivity contribution in [1.82, 2.24) is 5.32 Å². The summed E-state index contributed by atoms with van der Waals surface area (Å²) in [5.74, 6) is 0.685. The van der Waals surface area contributed by atoms with Crippen molar-refractivity contribution in [2.24, 2.45) is 0 Å². The van der Waals surface area contributed by atoms with E-state index in [-0.39, 0.29) is 11.9 Å². The van der Waals surface area contributed by atoms with E-state index in [2.05, 4.69) is 5.32 Å². The van der Waals surface area contributed by atoms with Crippen molar-refractivity contribution in [3.8, 4) is 5.75 Å². The lowest BCUT2D eigenvalue weighted by Gasteiger charge is -2.18. The highest BCUT2D eigenvalue weighted by Crippen LogP contribution is 2.22. The number of hydrogen-bond acceptors (Lipinski definition) is 2. The van der Waals surface area contributed by atoms with Crippen molar-refractivity contribution in [1.29, 1.82) is 0 Å². The SMILES string of the molecule is CNC(CCOc1cccc(C)c1)c1cc(C)ccc1F. The molecule has 0 aromatic heterocycles. The molecule has 1 N–H and O–H groups in total. The van der Waals surface area contributed by atoms with Crippen LogP contribution < -0.4 is 10.1 Å². The maximum atomic E-state index is 13.9. The monoisotopic (exact) mass is 287 g/mol. The largest absolute Gasteiger partial charge is 0.494 e. The molecule has 2 aromatic carbocycles. The highest BCUT2D eigenvalue weighted by molar-refractivity contribution is 5.28. The van der Waals surface area contributed by atoms with Crippen LogP contribution in [0.25, 0.3) is 0 Å². The van der Waals surface area contributed by atoms with Crippen LogP contribution in [-0.2, 0) is 0 Å². The highest BCUT2D eigenvalue weighted by atomic mass is 19.1. The molecule has 0 saturated heterocycles. The van der Waals surface area contributed by atoms with Crippen LogP contribution in [0.1, 0.15) is 29.2 Å². The van der Waals surface area contributed by atoms with E-state index in [1.807, 2.05) is 51.2 Å². The number of aryl methyl sites for hydroxylation is 2. The molecule has 0 saturated carbocycles. The maximum Gasteiger partial charge on any atom is 0.127 e. The summed E-state index contributed by atoms with van der Waals surface area (Å²) in [6.45, 7) is 4.55. The zero-order valence-electron chi connectivity index (χ0n) is 12.8. The van der Waals surface area contributed by atoms with E-state index < -0.39 is 0 Å². The van der Waals surface area contributed by atoms with Crippen LogP contribution >= 0.6 is 0 Å². The topological polar surface area (TPSA) is 21.3 Å². The third-order valence-electron chi connectivity index (χ3n) is 3.54. The van der Waals surface area contributed by atoms with Gasteiger partial charge in [-0.15, -0.1) is 0 Å². The zero-order valence-corrected chi connectivity index (χ0v) is 12.8. The number of ether oxygens (including phenoxy) is 1. The molecule has 2 nitrogen and oxygen atoms in total. The number of benzene rings is 2. The average Bonchev–Trinajstić information content (AvgIpc) is 2.47. The van der Waals surface area contributed by atoms with Gasteiger partial charge in [0.2, 0.25) is 0 Å². The Morgan fingerprint density at radius 3 is 2.57 bits per heavy atom. The molecule has 2 rings (SSSR count). The Labute approximate surface area is 126 Å². The van der Waals surface area contributed by atoms with Gasteiger partial charge in [-0.2, -0.15) is 0 Å². The van der Waals surface area contributed by atoms with E-state index in [1.54, 1.807) is 6.07 Å². The second kappa shape index (κ2) is 7.23. The summed E-state index contributed by atoms with van der Waals surface area (Å²) < 4.78 is 19.7. The lowest BCUT2D eigenvalue weighted by atomic mass is 10.0. The summed E-state index contributed by atoms with van der Waals surface area (Å²) >= 11 is 0. The number of nitrogens with one attached hydrogen (secondary N) is 1. The minimum absolute atomic E-state index is 0.0466. The van der Waals surface area contributed by atoms with Crippen molar-refractivity contribution in [2.45, 2.75) is 26.3 Å². The Morgan fingerprint density at radius 1 is 1.10 bits per heavy atom. The Morgan fingerprint density at radius 2 is 1.86 bits per heavy atom. The van der Waals surface area contributed by atoms with Crippen molar-refractivity contribution < 1.29 is 9.13 Å². The van der Waals surface area contributed by atoms with Crippen LogP contribution in [0.2, 0.25) is 0 Å². The van der Waals surface area contributed by atoms with Crippen LogP contribution in [0.15, 0.2) is 42.5 Å². The Kier molecular flexibility index (Phi) is 5.34. The average molecular weight is 287 g/mol. The van der Waals surface area contributed by atoms with Crippen LogP contribution in [0.3, 0.4) is 0 Å². The van der Waals surface area contributed by atoms with Gasteiger partial charge < -0.3 is 10.1 Å². The van der Waals surface area contributed by atoms with Crippen LogP contribution in [0, 0.1) is 19.7 Å². The van der Waals surface area contributed by atoms with E-state index in [0.717, 1.165) is 11.3 Å². The van der Waals surface area contributed by atoms with E-state index in [1.165, 1.54) is 11.6 Å². The molecule has 0 radical (unpaired) electrons. The van der Waals surface area contributed by atoms with Crippen LogP contribution in [0.4, 0.5) is 4.39 Å². The quantitative estimate of drug-likeness (QED) is 0.861. The maximum absolute atomic E-state index is 13.9. The molecule has 2 aromatic rings. The zero-order chi connectivity index (χ0) is 15.2. The fraction of sp³-hybridized carbons (Fsp3) is 0.333. The second-order valence-corrected chi connectivity index (χ2v) is 5.32. The predicted octanol–water partition coefficient (Wildman–Crippen LogP) is 4.17. The molecular formula is C18H22FNO. The minimum Gasteiger partial charge on any atom is -0.494 e. The van der Waals surface area contributed by atoms with Gasteiger partial charge in [-0.1, -0.05) is 29.8 Å². The molecule has 1 unspecified atom stereocenters. The summed E-state index contributed by atoms with van der Waals surface area (Å²) in [4.78, 5) is 0. The molecule has 0 heterocycles. The molecule has 0 aliphatic rings. The molecule has 112 valence electrons. The van der Waals surface area contributed by atoms with Gasteiger partial charge in [0.1, 0.15) is 11.6 Å². The van der Waals surface area contributed by atoms with Crippen molar-refractivity contribution in [2.75, 3.05) is 13.7 Å². The van der Waals surface area contributed by atoms with Crippen molar-refractivity contribution in [3.63, 3.8) is 0 Å². The summed E-state index contributed by atoms with van der Waals surface area (Å²) in [5, 5.41) is 3.16. The number of halogens is 1. The van der Waals surface area contributed by atoms with Crippen LogP contribution in [0.5, 0.6) is 5.75 Å². The standard InChI is InChI=1S/C18H22FNO/c1-13-5-4-6-15(11-13)21-10-9-18(20-3)16-12-14(2)7-8-17(16)19/h4-8,11-12,18,20H,9-10H2,1-3H3. The smallest absolute Gasteiger partial charge is 0.127 e. The first-order valence-electron chi connectivity index (χ1n) is 7.23. The molecule has 0 spiro atoms. The summed E-state index contributed by atoms with van der Waals surface area (Å²) in [6, 6.07) is 13.1. The van der Waals surface area contributed by atoms with E-state index in [0.29, 0.717) is 18.6 Å². The molecule has 0 aliphatic carbocycles. The van der Waals surface area contributed by atoms with Gasteiger partial charge in [-0.3, -0.25) is 0 Å². The predicted molar refractivity (Wildman–Crippen MR) is 84.2 cm³/mol. The normalized spacial score (nSPS) is 12.2. The summed E-state index contributed by atoms with van der Waals surface area (Å²) in [5.41, 5.74) is 2.93. The Bertz CT molecular complexity index is 598. The Hall–Kier alpha value is -1.87. The van der Waals surface area contributed by atoms with E-state index in [9.17, 15) is 4.39 Å². The molecular weight excluding hydrogens is 265 g/mol. The number of rotatable bonds is 6. The number of hydrogen-bond donors (Lipinski definition) is 1. The van der Waals surface area contributed by atoms with Crippen molar-refractivity contribution >= 4 is 0 Å². The van der Waals surface area contributed by atoms with Gasteiger partial charge >= 0.3 is 0 Å². The molecule has 0 aliphatic heterocycles. The van der Waals surface area contributed by atoms with Gasteiger partial charge in [0.05, 0.1) is 6.61 Å². The fourth-order valence-electron chi connectivity index (χ4n) is 2.39. The first-order chi connectivity index (χ1) is 10.1. The van der Waals surface area contributed by atoms with Gasteiger partial charge in [-0.05, 0) is 44.7 Å². The lowest BCUT2D eigenvalue weighted by molar-refractivity contribution is 0.288. The molecule has 3 heteroatoms. The van der Waals surface area contributed by atoms with Gasteiger partial charge in [-0.25, -0.2) is 4.39 Å². The molecule has 1 atom stereocenters. The first-order valence-corrected chi connectivity index (χ1v) is 7.23. The Balaban J connectivity index is 1.98. The highest BCUT2D eigenvalue weighted by Gasteiger charge is 2.14. The summed E-state index contributed by atoms with van der Waals surface area (Å²) in [7, 11) is 1.85. The van der Waals surface area contributed by atoms with Crippen molar-refractivity contribution in [3.05, 3.63) is 65.0 Å². The van der Waals surface area contributed by atoms with Gasteiger partial charge in [0, 0.05) is 18.0 Å². The second-order valence-electron chi connectivity index (χ2n) is 5.32. The molecule has 0 amide bonds. The van der Waals surface area contributed by atoms with Gasteiger partial charge in [0.15, 0.2) is 0 Å². The van der Waals surface area contributed by atoms with Gasteiger partial charge in [0.25, 0.3) is 0 Å². The minimum atomic E-state index is -0.171. The first kappa shape index (κ1) is 15.5. The van der Waals surface area contributed by atoms with E-state index in [4.69, 9.17) is 4.74 Å².